The van der Waals surface area contributed by atoms with Crippen molar-refractivity contribution in [3.8, 4) is 0 Å². The maximum absolute atomic E-state index is 13.0. The maximum Gasteiger partial charge on any atom is 0.336 e. The van der Waals surface area contributed by atoms with Gasteiger partial charge in [-0.05, 0) is 55.3 Å². The summed E-state index contributed by atoms with van der Waals surface area (Å²) < 4.78 is 0. The van der Waals surface area contributed by atoms with Gasteiger partial charge in [0.1, 0.15) is 0 Å². The molecule has 1 N–H and O–H groups in total. The number of carbonyl (C=O) groups is 2. The van der Waals surface area contributed by atoms with Gasteiger partial charge in [0, 0.05) is 57.6 Å². The largest absolute Gasteiger partial charge is 0.478 e. The number of rotatable bonds is 6. The van der Waals surface area contributed by atoms with E-state index in [9.17, 15) is 14.7 Å². The molecule has 4 rings (SSSR count). The molecule has 2 saturated heterocycles. The Bertz CT molecular complexity index is 889. The molecular weight excluding hydrogens is 392 g/mol. The van der Waals surface area contributed by atoms with Crippen LogP contribution in [0.3, 0.4) is 0 Å². The summed E-state index contributed by atoms with van der Waals surface area (Å²) in [5.41, 5.74) is 2.45. The molecule has 2 aromatic rings. The third-order valence-electron chi connectivity index (χ3n) is 6.42. The number of carbonyl (C=O) groups excluding carboxylic acids is 1. The monoisotopic (exact) mass is 422 g/mol. The van der Waals surface area contributed by atoms with Crippen LogP contribution in [0.25, 0.3) is 0 Å². The number of hydrogen-bond acceptors (Lipinski definition) is 5. The van der Waals surface area contributed by atoms with Gasteiger partial charge in [-0.15, -0.1) is 0 Å². The molecule has 0 atom stereocenters. The van der Waals surface area contributed by atoms with E-state index in [2.05, 4.69) is 14.8 Å². The number of pyridine rings is 1. The molecule has 1 aromatic heterocycles. The number of hydrogen-bond donors (Lipinski definition) is 1. The van der Waals surface area contributed by atoms with Gasteiger partial charge < -0.3 is 10.0 Å². The van der Waals surface area contributed by atoms with Crippen molar-refractivity contribution in [1.82, 2.24) is 19.7 Å². The van der Waals surface area contributed by atoms with Crippen molar-refractivity contribution in [3.63, 3.8) is 0 Å². The van der Waals surface area contributed by atoms with Gasteiger partial charge in [0.15, 0.2) is 0 Å². The normalized spacial score (nSPS) is 18.8. The van der Waals surface area contributed by atoms with Gasteiger partial charge in [-0.1, -0.05) is 18.2 Å². The number of amides is 1. The first kappa shape index (κ1) is 21.5. The second-order valence-corrected chi connectivity index (χ2v) is 8.47. The molecular formula is C24H30N4O3. The number of aromatic nitrogens is 1. The molecule has 0 bridgehead atoms. The minimum absolute atomic E-state index is 0.118. The molecule has 1 amide bonds. The van der Waals surface area contributed by atoms with Gasteiger partial charge in [0.05, 0.1) is 5.56 Å². The number of piperazine rings is 1. The quantitative estimate of drug-likeness (QED) is 0.770. The molecule has 2 aliphatic rings. The highest BCUT2D eigenvalue weighted by Crippen LogP contribution is 2.22. The second kappa shape index (κ2) is 10.0. The Morgan fingerprint density at radius 3 is 2.19 bits per heavy atom. The van der Waals surface area contributed by atoms with Crippen LogP contribution < -0.4 is 0 Å². The standard InChI is InChI=1S/C24H30N4O3/c29-23(20-7-11-26(12-8-20)17-19-5-9-25-10-6-19)28-15-13-27(14-16-28)18-21-3-1-2-4-22(21)24(30)31/h1-6,9-10,20H,7-8,11-18H2,(H,30,31). The Balaban J connectivity index is 1.23. The average Bonchev–Trinajstić information content (AvgIpc) is 2.80. The van der Waals surface area contributed by atoms with E-state index < -0.39 is 5.97 Å². The first-order chi connectivity index (χ1) is 15.1. The van der Waals surface area contributed by atoms with Crippen molar-refractivity contribution in [3.05, 3.63) is 65.5 Å². The van der Waals surface area contributed by atoms with E-state index in [1.807, 2.05) is 41.6 Å². The van der Waals surface area contributed by atoms with E-state index in [1.54, 1.807) is 12.1 Å². The number of nitrogens with zero attached hydrogens (tertiary/aromatic N) is 4. The lowest BCUT2D eigenvalue weighted by molar-refractivity contribution is -0.139. The number of likely N-dealkylation sites (tertiary alicyclic amines) is 1. The second-order valence-electron chi connectivity index (χ2n) is 8.47. The summed E-state index contributed by atoms with van der Waals surface area (Å²) in [6.45, 7) is 6.41. The molecule has 164 valence electrons. The highest BCUT2D eigenvalue weighted by atomic mass is 16.4. The predicted molar refractivity (Wildman–Crippen MR) is 117 cm³/mol. The van der Waals surface area contributed by atoms with Crippen LogP contribution >= 0.6 is 0 Å². The molecule has 0 aliphatic carbocycles. The van der Waals surface area contributed by atoms with Crippen molar-refractivity contribution in [2.45, 2.75) is 25.9 Å². The van der Waals surface area contributed by atoms with Gasteiger partial charge in [-0.3, -0.25) is 19.6 Å². The highest BCUT2D eigenvalue weighted by molar-refractivity contribution is 5.89. The maximum atomic E-state index is 13.0. The van der Waals surface area contributed by atoms with Crippen molar-refractivity contribution < 1.29 is 14.7 Å². The molecule has 0 unspecified atom stereocenters. The average molecular weight is 423 g/mol. The number of aromatic carboxylic acids is 1. The zero-order valence-corrected chi connectivity index (χ0v) is 17.8. The molecule has 1 aromatic carbocycles. The van der Waals surface area contributed by atoms with E-state index in [1.165, 1.54) is 5.56 Å². The molecule has 7 heteroatoms. The summed E-state index contributed by atoms with van der Waals surface area (Å²) in [7, 11) is 0. The van der Waals surface area contributed by atoms with Crippen molar-refractivity contribution in [2.24, 2.45) is 5.92 Å². The Morgan fingerprint density at radius 2 is 1.52 bits per heavy atom. The summed E-state index contributed by atoms with van der Waals surface area (Å²) in [6, 6.07) is 11.3. The lowest BCUT2D eigenvalue weighted by atomic mass is 9.94. The van der Waals surface area contributed by atoms with Crippen LogP contribution in [0.2, 0.25) is 0 Å². The molecule has 0 radical (unpaired) electrons. The molecule has 7 nitrogen and oxygen atoms in total. The van der Waals surface area contributed by atoms with Crippen LogP contribution in [0, 0.1) is 5.92 Å². The molecule has 31 heavy (non-hydrogen) atoms. The molecule has 0 spiro atoms. The minimum Gasteiger partial charge on any atom is -0.478 e. The number of benzene rings is 1. The minimum atomic E-state index is -0.889. The Hall–Kier alpha value is -2.77. The smallest absolute Gasteiger partial charge is 0.336 e. The fourth-order valence-electron chi connectivity index (χ4n) is 4.58. The van der Waals surface area contributed by atoms with Crippen LogP contribution in [-0.2, 0) is 17.9 Å². The van der Waals surface area contributed by atoms with Crippen molar-refractivity contribution in [1.29, 1.82) is 0 Å². The van der Waals surface area contributed by atoms with Crippen LogP contribution in [0.1, 0.15) is 34.3 Å². The fraction of sp³-hybridized carbons (Fsp3) is 0.458. The van der Waals surface area contributed by atoms with Gasteiger partial charge in [0.25, 0.3) is 0 Å². The number of carboxylic acid groups (broad SMARTS) is 1. The fourth-order valence-corrected chi connectivity index (χ4v) is 4.58. The van der Waals surface area contributed by atoms with Gasteiger partial charge in [0.2, 0.25) is 5.91 Å². The van der Waals surface area contributed by atoms with Gasteiger partial charge >= 0.3 is 5.97 Å². The van der Waals surface area contributed by atoms with E-state index in [0.717, 1.165) is 51.1 Å². The lowest BCUT2D eigenvalue weighted by Gasteiger charge is -2.38. The molecule has 2 fully saturated rings. The summed E-state index contributed by atoms with van der Waals surface area (Å²) in [5.74, 6) is -0.484. The SMILES string of the molecule is O=C(O)c1ccccc1CN1CCN(C(=O)C2CCN(Cc3ccncc3)CC2)CC1. The lowest BCUT2D eigenvalue weighted by Crippen LogP contribution is -2.51. The van der Waals surface area contributed by atoms with Crippen LogP contribution in [0.15, 0.2) is 48.8 Å². The first-order valence-electron chi connectivity index (χ1n) is 11.0. The Kier molecular flexibility index (Phi) is 6.94. The summed E-state index contributed by atoms with van der Waals surface area (Å²) in [5, 5.41) is 9.38. The van der Waals surface area contributed by atoms with Crippen LogP contribution in [-0.4, -0.2) is 75.9 Å². The summed E-state index contributed by atoms with van der Waals surface area (Å²) >= 11 is 0. The van der Waals surface area contributed by atoms with Gasteiger partial charge in [-0.2, -0.15) is 0 Å². The van der Waals surface area contributed by atoms with E-state index in [0.29, 0.717) is 25.2 Å². The van der Waals surface area contributed by atoms with E-state index in [-0.39, 0.29) is 11.8 Å². The third kappa shape index (κ3) is 5.48. The summed E-state index contributed by atoms with van der Waals surface area (Å²) in [4.78, 5) is 35.2. The molecule has 3 heterocycles. The Morgan fingerprint density at radius 1 is 0.871 bits per heavy atom. The van der Waals surface area contributed by atoms with E-state index >= 15 is 0 Å². The summed E-state index contributed by atoms with van der Waals surface area (Å²) in [6.07, 6.45) is 5.48. The first-order valence-corrected chi connectivity index (χ1v) is 11.0. The van der Waals surface area contributed by atoms with Crippen LogP contribution in [0.5, 0.6) is 0 Å². The number of carboxylic acids is 1. The predicted octanol–water partition coefficient (Wildman–Crippen LogP) is 2.34. The van der Waals surface area contributed by atoms with Crippen molar-refractivity contribution in [2.75, 3.05) is 39.3 Å². The van der Waals surface area contributed by atoms with Gasteiger partial charge in [-0.25, -0.2) is 4.79 Å². The van der Waals surface area contributed by atoms with Crippen molar-refractivity contribution >= 4 is 11.9 Å². The molecule has 0 saturated carbocycles. The van der Waals surface area contributed by atoms with E-state index in [4.69, 9.17) is 0 Å². The third-order valence-corrected chi connectivity index (χ3v) is 6.42. The zero-order chi connectivity index (χ0) is 21.6. The molecule has 2 aliphatic heterocycles. The highest BCUT2D eigenvalue weighted by Gasteiger charge is 2.30. The topological polar surface area (TPSA) is 77.0 Å². The Labute approximate surface area is 183 Å². The zero-order valence-electron chi connectivity index (χ0n) is 17.8. The number of piperidine rings is 1. The van der Waals surface area contributed by atoms with Crippen LogP contribution in [0.4, 0.5) is 0 Å².